The molecule has 0 atom stereocenters. The normalized spacial score (nSPS) is 12.4. The molecular weight excluding hydrogens is 400 g/mol. The molecule has 29 heavy (non-hydrogen) atoms. The monoisotopic (exact) mass is 426 g/mol. The van der Waals surface area contributed by atoms with Gasteiger partial charge in [-0.1, -0.05) is 63.6 Å². The Balaban J connectivity index is 2.05. The van der Waals surface area contributed by atoms with Gasteiger partial charge in [-0.15, -0.1) is 11.3 Å². The average Bonchev–Trinajstić information content (AvgIpc) is 3.05. The summed E-state index contributed by atoms with van der Waals surface area (Å²) < 4.78 is 2.12. The Bertz CT molecular complexity index is 1070. The van der Waals surface area contributed by atoms with E-state index in [1.165, 1.54) is 10.4 Å². The van der Waals surface area contributed by atoms with Crippen LogP contribution in [0.1, 0.15) is 55.4 Å². The highest BCUT2D eigenvalue weighted by Gasteiger charge is 2.16. The van der Waals surface area contributed by atoms with Crippen molar-refractivity contribution < 1.29 is 4.79 Å². The van der Waals surface area contributed by atoms with E-state index in [4.69, 9.17) is 11.6 Å². The Labute approximate surface area is 181 Å². The molecule has 0 aliphatic carbocycles. The largest absolute Gasteiger partial charge is 0.316 e. The van der Waals surface area contributed by atoms with E-state index in [0.717, 1.165) is 29.0 Å². The van der Waals surface area contributed by atoms with Crippen molar-refractivity contribution >= 4 is 28.8 Å². The third-order valence-corrected chi connectivity index (χ3v) is 6.40. The van der Waals surface area contributed by atoms with Crippen LogP contribution in [-0.4, -0.2) is 10.5 Å². The van der Waals surface area contributed by atoms with Crippen molar-refractivity contribution in [2.75, 3.05) is 0 Å². The SMILES string of the molecule is CCc1sc(=NC(=O)c2ccc(C(C)(C)C)cc2)n(CC)c1-c1ccc(Cl)cc1. The molecule has 5 heteroatoms. The van der Waals surface area contributed by atoms with Crippen molar-refractivity contribution in [2.45, 2.75) is 53.0 Å². The smallest absolute Gasteiger partial charge is 0.279 e. The standard InChI is InChI=1S/C24H27ClN2OS/c1-6-20-21(16-10-14-19(25)15-11-16)27(7-2)23(29-20)26-22(28)17-8-12-18(13-9-17)24(3,4)5/h8-15H,6-7H2,1-5H3. The number of amides is 1. The number of nitrogens with zero attached hydrogens (tertiary/aromatic N) is 2. The van der Waals surface area contributed by atoms with Gasteiger partial charge in [0.25, 0.3) is 5.91 Å². The van der Waals surface area contributed by atoms with Gasteiger partial charge in [-0.2, -0.15) is 4.99 Å². The molecule has 3 nitrogen and oxygen atoms in total. The van der Waals surface area contributed by atoms with Crippen LogP contribution in [0.25, 0.3) is 11.3 Å². The Morgan fingerprint density at radius 3 is 2.17 bits per heavy atom. The van der Waals surface area contributed by atoms with Crippen LogP contribution in [0.5, 0.6) is 0 Å². The molecular formula is C24H27ClN2OS. The topological polar surface area (TPSA) is 34.4 Å². The number of halogens is 1. The first-order valence-electron chi connectivity index (χ1n) is 9.92. The summed E-state index contributed by atoms with van der Waals surface area (Å²) in [5, 5.41) is 0.712. The lowest BCUT2D eigenvalue weighted by Gasteiger charge is -2.18. The second-order valence-electron chi connectivity index (χ2n) is 8.01. The highest BCUT2D eigenvalue weighted by Crippen LogP contribution is 2.28. The minimum atomic E-state index is -0.209. The quantitative estimate of drug-likeness (QED) is 0.469. The van der Waals surface area contributed by atoms with Gasteiger partial charge in [0.15, 0.2) is 4.80 Å². The fourth-order valence-electron chi connectivity index (χ4n) is 3.26. The lowest BCUT2D eigenvalue weighted by atomic mass is 9.87. The minimum absolute atomic E-state index is 0.0568. The van der Waals surface area contributed by atoms with Gasteiger partial charge in [0, 0.05) is 22.0 Å². The van der Waals surface area contributed by atoms with Gasteiger partial charge in [-0.05, 0) is 54.2 Å². The van der Waals surface area contributed by atoms with Crippen molar-refractivity contribution in [3.05, 3.63) is 74.4 Å². The molecule has 0 N–H and O–H groups in total. The van der Waals surface area contributed by atoms with Crippen LogP contribution in [0, 0.1) is 0 Å². The first-order valence-corrected chi connectivity index (χ1v) is 11.1. The maximum absolute atomic E-state index is 12.8. The summed E-state index contributed by atoms with van der Waals surface area (Å²) in [6.45, 7) is 11.4. The Hall–Kier alpha value is -2.17. The summed E-state index contributed by atoms with van der Waals surface area (Å²) in [4.78, 5) is 19.3. The van der Waals surface area contributed by atoms with Gasteiger partial charge >= 0.3 is 0 Å². The lowest BCUT2D eigenvalue weighted by Crippen LogP contribution is -2.17. The molecule has 0 aliphatic heterocycles. The Morgan fingerprint density at radius 2 is 1.66 bits per heavy atom. The summed E-state index contributed by atoms with van der Waals surface area (Å²) in [5.41, 5.74) is 4.08. The van der Waals surface area contributed by atoms with Crippen LogP contribution in [0.3, 0.4) is 0 Å². The molecule has 1 heterocycles. The van der Waals surface area contributed by atoms with Crippen molar-refractivity contribution in [2.24, 2.45) is 4.99 Å². The maximum atomic E-state index is 12.8. The molecule has 1 amide bonds. The van der Waals surface area contributed by atoms with Gasteiger partial charge in [0.05, 0.1) is 5.69 Å². The number of rotatable bonds is 4. The molecule has 0 aliphatic rings. The number of thiazole rings is 1. The predicted octanol–water partition coefficient (Wildman–Crippen LogP) is 6.49. The van der Waals surface area contributed by atoms with Crippen molar-refractivity contribution in [3.8, 4) is 11.3 Å². The van der Waals surface area contributed by atoms with Crippen LogP contribution >= 0.6 is 22.9 Å². The molecule has 152 valence electrons. The zero-order chi connectivity index (χ0) is 21.2. The van der Waals surface area contributed by atoms with E-state index in [-0.39, 0.29) is 11.3 Å². The molecule has 0 unspecified atom stereocenters. The molecule has 3 aromatic rings. The fraction of sp³-hybridized carbons (Fsp3) is 0.333. The Morgan fingerprint density at radius 1 is 1.03 bits per heavy atom. The van der Waals surface area contributed by atoms with Gasteiger partial charge in [-0.3, -0.25) is 4.79 Å². The van der Waals surface area contributed by atoms with E-state index >= 15 is 0 Å². The van der Waals surface area contributed by atoms with Crippen LogP contribution in [0.15, 0.2) is 53.5 Å². The number of carbonyl (C=O) groups is 1. The molecule has 0 saturated heterocycles. The lowest BCUT2D eigenvalue weighted by molar-refractivity contribution is 0.0997. The summed E-state index contributed by atoms with van der Waals surface area (Å²) in [6, 6.07) is 15.6. The number of aryl methyl sites for hydroxylation is 1. The third-order valence-electron chi connectivity index (χ3n) is 4.93. The highest BCUT2D eigenvalue weighted by molar-refractivity contribution is 7.09. The first kappa shape index (κ1) is 21.5. The van der Waals surface area contributed by atoms with Gasteiger partial charge < -0.3 is 4.57 Å². The fourth-order valence-corrected chi connectivity index (χ4v) is 4.54. The molecule has 3 rings (SSSR count). The molecule has 0 spiro atoms. The maximum Gasteiger partial charge on any atom is 0.279 e. The predicted molar refractivity (Wildman–Crippen MR) is 123 cm³/mol. The summed E-state index contributed by atoms with van der Waals surface area (Å²) in [7, 11) is 0. The minimum Gasteiger partial charge on any atom is -0.316 e. The second kappa shape index (κ2) is 8.68. The van der Waals surface area contributed by atoms with E-state index in [1.807, 2.05) is 48.5 Å². The third kappa shape index (κ3) is 4.71. The van der Waals surface area contributed by atoms with Gasteiger partial charge in [0.2, 0.25) is 0 Å². The number of aromatic nitrogens is 1. The average molecular weight is 427 g/mol. The van der Waals surface area contributed by atoms with Crippen molar-refractivity contribution in [3.63, 3.8) is 0 Å². The number of hydrogen-bond donors (Lipinski definition) is 0. The van der Waals surface area contributed by atoms with Crippen LogP contribution in [-0.2, 0) is 18.4 Å². The van der Waals surface area contributed by atoms with E-state index in [0.29, 0.717) is 10.6 Å². The number of hydrogen-bond acceptors (Lipinski definition) is 2. The van der Waals surface area contributed by atoms with Crippen LogP contribution in [0.2, 0.25) is 5.02 Å². The second-order valence-corrected chi connectivity index (χ2v) is 9.50. The van der Waals surface area contributed by atoms with Gasteiger partial charge in [-0.25, -0.2) is 0 Å². The van der Waals surface area contributed by atoms with E-state index < -0.39 is 0 Å². The number of carbonyl (C=O) groups excluding carboxylic acids is 1. The van der Waals surface area contributed by atoms with Crippen LogP contribution < -0.4 is 4.80 Å². The van der Waals surface area contributed by atoms with Crippen molar-refractivity contribution in [1.82, 2.24) is 4.57 Å². The van der Waals surface area contributed by atoms with E-state index in [1.54, 1.807) is 11.3 Å². The van der Waals surface area contributed by atoms with Crippen molar-refractivity contribution in [1.29, 1.82) is 0 Å². The molecule has 0 fully saturated rings. The van der Waals surface area contributed by atoms with Crippen LogP contribution in [0.4, 0.5) is 0 Å². The molecule has 1 aromatic heterocycles. The van der Waals surface area contributed by atoms with Gasteiger partial charge in [0.1, 0.15) is 0 Å². The summed E-state index contributed by atoms with van der Waals surface area (Å²) >= 11 is 7.64. The molecule has 0 radical (unpaired) electrons. The zero-order valence-electron chi connectivity index (χ0n) is 17.6. The number of benzene rings is 2. The molecule has 0 saturated carbocycles. The summed E-state index contributed by atoms with van der Waals surface area (Å²) in [5.74, 6) is -0.209. The van der Waals surface area contributed by atoms with E-state index in [2.05, 4.69) is 44.2 Å². The Kier molecular flexibility index (Phi) is 6.45. The first-order chi connectivity index (χ1) is 13.7. The highest BCUT2D eigenvalue weighted by atomic mass is 35.5. The molecule has 0 bridgehead atoms. The van der Waals surface area contributed by atoms with E-state index in [9.17, 15) is 4.79 Å². The molecule has 2 aromatic carbocycles. The summed E-state index contributed by atoms with van der Waals surface area (Å²) in [6.07, 6.45) is 0.882. The zero-order valence-corrected chi connectivity index (χ0v) is 19.2.